The number of fused-ring (bicyclic) bond motifs is 5. The van der Waals surface area contributed by atoms with Gasteiger partial charge in [0.05, 0.1) is 24.5 Å². The molecule has 1 N–H and O–H groups in total. The molecule has 1 aliphatic heterocycles. The van der Waals surface area contributed by atoms with Crippen LogP contribution >= 0.6 is 0 Å². The number of carboxylic acids is 1. The van der Waals surface area contributed by atoms with E-state index in [1.165, 1.54) is 12.3 Å². The molecular formula is C26H32FN3O6. The van der Waals surface area contributed by atoms with Gasteiger partial charge in [-0.25, -0.2) is 9.74 Å². The van der Waals surface area contributed by atoms with Gasteiger partial charge in [-0.3, -0.25) is 14.3 Å². The number of aliphatic carboxylic acids is 1. The summed E-state index contributed by atoms with van der Waals surface area (Å²) in [6.07, 6.45) is 4.66. The monoisotopic (exact) mass is 501 g/mol. The molecular weight excluding hydrogens is 469 g/mol. The maximum Gasteiger partial charge on any atom is 0.384 e. The highest BCUT2D eigenvalue weighted by Gasteiger charge is 2.25. The van der Waals surface area contributed by atoms with E-state index in [0.717, 1.165) is 36.3 Å². The Kier molecular flexibility index (Phi) is 9.21. The standard InChI is InChI=1S/C22H22FN3O6.C4H10/c23-32-22(30)15-13-25-9-10-26-21(16(25)12-17(15)27)14-6-5-7-18(20(14)24-26)31-11-4-2-1-3-8-19(28)29;1-4(2)3/h5-7,12-13H,1-4,8-11H2,(H,28,29);4H,1-3H3. The number of halogens is 1. The molecule has 0 bridgehead atoms. The molecule has 2 aromatic heterocycles. The van der Waals surface area contributed by atoms with Gasteiger partial charge in [0, 0.05) is 35.1 Å². The summed E-state index contributed by atoms with van der Waals surface area (Å²) in [7, 11) is 0. The highest BCUT2D eigenvalue weighted by atomic mass is 19.3. The van der Waals surface area contributed by atoms with Gasteiger partial charge in [0.2, 0.25) is 0 Å². The zero-order valence-electron chi connectivity index (χ0n) is 20.8. The number of carbonyl (C=O) groups is 2. The zero-order chi connectivity index (χ0) is 26.2. The Hall–Kier alpha value is -3.69. The average molecular weight is 502 g/mol. The van der Waals surface area contributed by atoms with Crippen LogP contribution < -0.4 is 10.2 Å². The van der Waals surface area contributed by atoms with E-state index in [2.05, 4.69) is 30.8 Å². The Balaban J connectivity index is 0.000000840. The van der Waals surface area contributed by atoms with Gasteiger partial charge >= 0.3 is 11.9 Å². The second kappa shape index (κ2) is 12.3. The van der Waals surface area contributed by atoms with E-state index < -0.39 is 17.4 Å². The number of benzene rings is 1. The van der Waals surface area contributed by atoms with E-state index in [1.807, 2.05) is 18.2 Å². The molecule has 0 saturated carbocycles. The van der Waals surface area contributed by atoms with E-state index >= 15 is 0 Å². The first-order valence-corrected chi connectivity index (χ1v) is 12.1. The highest BCUT2D eigenvalue weighted by Crippen LogP contribution is 2.35. The molecule has 10 heteroatoms. The lowest BCUT2D eigenvalue weighted by Crippen LogP contribution is -2.24. The molecule has 0 fully saturated rings. The molecule has 1 aromatic carbocycles. The molecule has 0 aliphatic carbocycles. The number of carboxylic acid groups (broad SMARTS) is 1. The van der Waals surface area contributed by atoms with Crippen molar-refractivity contribution in [1.82, 2.24) is 14.3 Å². The number of aryl methyl sites for hydroxylation is 2. The summed E-state index contributed by atoms with van der Waals surface area (Å²) in [4.78, 5) is 37.6. The Morgan fingerprint density at radius 2 is 1.86 bits per heavy atom. The van der Waals surface area contributed by atoms with Crippen LogP contribution in [-0.4, -0.2) is 38.0 Å². The summed E-state index contributed by atoms with van der Waals surface area (Å²) in [6.45, 7) is 7.95. The molecule has 0 radical (unpaired) electrons. The third kappa shape index (κ3) is 6.50. The van der Waals surface area contributed by atoms with Crippen LogP contribution in [0.3, 0.4) is 0 Å². The largest absolute Gasteiger partial charge is 0.491 e. The van der Waals surface area contributed by atoms with E-state index in [-0.39, 0.29) is 12.0 Å². The molecule has 0 saturated heterocycles. The van der Waals surface area contributed by atoms with Gasteiger partial charge in [0.25, 0.3) is 0 Å². The first-order valence-electron chi connectivity index (χ1n) is 12.1. The van der Waals surface area contributed by atoms with Crippen LogP contribution in [-0.2, 0) is 22.8 Å². The van der Waals surface area contributed by atoms with Gasteiger partial charge in [0.1, 0.15) is 16.8 Å². The van der Waals surface area contributed by atoms with Crippen LogP contribution in [0.15, 0.2) is 35.3 Å². The minimum absolute atomic E-state index is 0.182. The fraction of sp³-hybridized carbons (Fsp3) is 0.462. The van der Waals surface area contributed by atoms with Crippen molar-refractivity contribution in [3.63, 3.8) is 0 Å². The van der Waals surface area contributed by atoms with Crippen LogP contribution in [0, 0.1) is 5.92 Å². The van der Waals surface area contributed by atoms with Crippen molar-refractivity contribution in [2.24, 2.45) is 5.92 Å². The summed E-state index contributed by atoms with van der Waals surface area (Å²) >= 11 is 0. The summed E-state index contributed by atoms with van der Waals surface area (Å²) in [5, 5.41) is 14.1. The Morgan fingerprint density at radius 3 is 2.56 bits per heavy atom. The van der Waals surface area contributed by atoms with E-state index in [9.17, 15) is 18.9 Å². The van der Waals surface area contributed by atoms with Gasteiger partial charge in [-0.05, 0) is 24.8 Å². The maximum atomic E-state index is 12.3. The smallest absolute Gasteiger partial charge is 0.384 e. The normalized spacial score (nSPS) is 11.9. The van der Waals surface area contributed by atoms with Gasteiger partial charge in [-0.1, -0.05) is 45.7 Å². The van der Waals surface area contributed by atoms with Gasteiger partial charge in [-0.15, -0.1) is 0 Å². The minimum Gasteiger partial charge on any atom is -0.491 e. The Labute approximate surface area is 208 Å². The third-order valence-corrected chi connectivity index (χ3v) is 5.49. The first kappa shape index (κ1) is 26.9. The third-order valence-electron chi connectivity index (χ3n) is 5.49. The Bertz CT molecular complexity index is 1280. The molecule has 36 heavy (non-hydrogen) atoms. The van der Waals surface area contributed by atoms with Crippen molar-refractivity contribution < 1.29 is 28.9 Å². The van der Waals surface area contributed by atoms with Crippen molar-refractivity contribution in [2.75, 3.05) is 6.61 Å². The summed E-state index contributed by atoms with van der Waals surface area (Å²) < 4.78 is 21.7. The number of hydrogen-bond donors (Lipinski definition) is 1. The lowest BCUT2D eigenvalue weighted by atomic mass is 10.1. The SMILES string of the molecule is CC(C)C.O=C(O)CCCCCCOc1cccc2c3n(nc12)CCn1cc(C(=O)OF)c(=O)cc1-3. The number of unbranched alkanes of at least 4 members (excludes halogenated alkanes) is 3. The van der Waals surface area contributed by atoms with Crippen molar-refractivity contribution >= 4 is 22.8 Å². The number of rotatable bonds is 9. The summed E-state index contributed by atoms with van der Waals surface area (Å²) in [5.74, 6) is -0.631. The molecule has 0 spiro atoms. The number of ether oxygens (including phenoxy) is 1. The zero-order valence-corrected chi connectivity index (χ0v) is 20.8. The number of nitrogens with zero attached hydrogens (tertiary/aromatic N) is 3. The predicted octanol–water partition coefficient (Wildman–Crippen LogP) is 5.00. The molecule has 9 nitrogen and oxygen atoms in total. The number of aromatic nitrogens is 3. The van der Waals surface area contributed by atoms with Crippen LogP contribution in [0.5, 0.6) is 5.75 Å². The maximum absolute atomic E-state index is 12.3. The van der Waals surface area contributed by atoms with Gasteiger partial charge in [-0.2, -0.15) is 5.10 Å². The van der Waals surface area contributed by atoms with Crippen molar-refractivity contribution in [3.05, 3.63) is 46.2 Å². The molecule has 3 heterocycles. The summed E-state index contributed by atoms with van der Waals surface area (Å²) in [5.41, 5.74) is 0.983. The van der Waals surface area contributed by atoms with Gasteiger partial charge < -0.3 is 14.4 Å². The van der Waals surface area contributed by atoms with Crippen LogP contribution in [0.1, 0.15) is 63.2 Å². The fourth-order valence-corrected chi connectivity index (χ4v) is 3.95. The van der Waals surface area contributed by atoms with Gasteiger partial charge in [0.15, 0.2) is 5.43 Å². The molecule has 194 valence electrons. The number of pyridine rings is 1. The second-order valence-electron chi connectivity index (χ2n) is 9.36. The van der Waals surface area contributed by atoms with Crippen LogP contribution in [0.2, 0.25) is 0 Å². The lowest BCUT2D eigenvalue weighted by molar-refractivity contribution is -0.137. The predicted molar refractivity (Wildman–Crippen MR) is 133 cm³/mol. The topological polar surface area (TPSA) is 113 Å². The average Bonchev–Trinajstić information content (AvgIpc) is 3.22. The molecule has 0 amide bonds. The lowest BCUT2D eigenvalue weighted by Gasteiger charge is -2.21. The molecule has 1 aliphatic rings. The van der Waals surface area contributed by atoms with Crippen molar-refractivity contribution in [2.45, 2.75) is 66.0 Å². The fourth-order valence-electron chi connectivity index (χ4n) is 3.95. The molecule has 3 aromatic rings. The van der Waals surface area contributed by atoms with E-state index in [1.54, 1.807) is 9.25 Å². The van der Waals surface area contributed by atoms with Crippen LogP contribution in [0.4, 0.5) is 4.53 Å². The van der Waals surface area contributed by atoms with E-state index in [4.69, 9.17) is 9.84 Å². The van der Waals surface area contributed by atoms with Crippen LogP contribution in [0.25, 0.3) is 22.3 Å². The molecule has 0 unspecified atom stereocenters. The Morgan fingerprint density at radius 1 is 1.14 bits per heavy atom. The summed E-state index contributed by atoms with van der Waals surface area (Å²) in [6, 6.07) is 6.86. The second-order valence-corrected chi connectivity index (χ2v) is 9.36. The number of hydrogen-bond acceptors (Lipinski definition) is 6. The van der Waals surface area contributed by atoms with Crippen molar-refractivity contribution in [1.29, 1.82) is 0 Å². The quantitative estimate of drug-likeness (QED) is 0.411. The first-order chi connectivity index (χ1) is 17.2. The van der Waals surface area contributed by atoms with E-state index in [0.29, 0.717) is 43.1 Å². The number of carbonyl (C=O) groups excluding carboxylic acids is 1. The minimum atomic E-state index is -1.31. The molecule has 0 atom stereocenters. The van der Waals surface area contributed by atoms with Crippen molar-refractivity contribution in [3.8, 4) is 17.1 Å². The molecule has 4 rings (SSSR count). The highest BCUT2D eigenvalue weighted by molar-refractivity contribution is 5.96.